The van der Waals surface area contributed by atoms with Crippen LogP contribution in [0.4, 0.5) is 0 Å². The molecule has 1 heterocycles. The molecule has 5 nitrogen and oxygen atoms in total. The summed E-state index contributed by atoms with van der Waals surface area (Å²) in [5, 5.41) is 2.44. The summed E-state index contributed by atoms with van der Waals surface area (Å²) in [7, 11) is 0. The fourth-order valence-corrected chi connectivity index (χ4v) is 1.96. The Balaban J connectivity index is 1.77. The summed E-state index contributed by atoms with van der Waals surface area (Å²) in [6.07, 6.45) is 1.40. The van der Waals surface area contributed by atoms with Crippen LogP contribution in [0.1, 0.15) is 42.5 Å². The number of carbonyl (C=O) groups is 2. The maximum absolute atomic E-state index is 11.6. The molecule has 2 rings (SSSR count). The molecule has 0 radical (unpaired) electrons. The Labute approximate surface area is 135 Å². The van der Waals surface area contributed by atoms with Crippen molar-refractivity contribution in [2.75, 3.05) is 6.54 Å². The average Bonchev–Trinajstić information content (AvgIpc) is 3.04. The predicted octanol–water partition coefficient (Wildman–Crippen LogP) is 3.05. The van der Waals surface area contributed by atoms with Gasteiger partial charge < -0.3 is 14.5 Å². The molecule has 1 amide bonds. The maximum Gasteiger partial charge on any atom is 0.325 e. The van der Waals surface area contributed by atoms with Crippen LogP contribution in [-0.2, 0) is 21.6 Å². The molecule has 1 aromatic carbocycles. The van der Waals surface area contributed by atoms with E-state index in [1.807, 2.05) is 24.3 Å². The Kier molecular flexibility index (Phi) is 5.21. The molecule has 2 aromatic rings. The smallest absolute Gasteiger partial charge is 0.325 e. The quantitative estimate of drug-likeness (QED) is 0.861. The van der Waals surface area contributed by atoms with Crippen molar-refractivity contribution in [3.63, 3.8) is 0 Å². The molecule has 5 heteroatoms. The van der Waals surface area contributed by atoms with Gasteiger partial charge in [-0.05, 0) is 28.7 Å². The van der Waals surface area contributed by atoms with Crippen molar-refractivity contribution in [2.24, 2.45) is 0 Å². The van der Waals surface area contributed by atoms with Crippen LogP contribution in [0.15, 0.2) is 47.1 Å². The van der Waals surface area contributed by atoms with Crippen molar-refractivity contribution in [2.45, 2.75) is 32.8 Å². The lowest BCUT2D eigenvalue weighted by Gasteiger charge is -2.19. The number of benzene rings is 1. The number of hydrogen-bond donors (Lipinski definition) is 1. The van der Waals surface area contributed by atoms with Gasteiger partial charge in [0.2, 0.25) is 0 Å². The van der Waals surface area contributed by atoms with Gasteiger partial charge in [-0.25, -0.2) is 0 Å². The summed E-state index contributed by atoms with van der Waals surface area (Å²) in [4.78, 5) is 23.3. The van der Waals surface area contributed by atoms with E-state index in [1.54, 1.807) is 6.07 Å². The SMILES string of the molecule is CC(C)(C)c1ccc(COC(=O)CNC(=O)c2ccco2)cc1. The summed E-state index contributed by atoms with van der Waals surface area (Å²) in [6, 6.07) is 11.1. The summed E-state index contributed by atoms with van der Waals surface area (Å²) in [5.74, 6) is -0.776. The van der Waals surface area contributed by atoms with Crippen LogP contribution in [0, 0.1) is 0 Å². The monoisotopic (exact) mass is 315 g/mol. The van der Waals surface area contributed by atoms with Crippen molar-refractivity contribution in [3.8, 4) is 0 Å². The van der Waals surface area contributed by atoms with Gasteiger partial charge in [0, 0.05) is 0 Å². The third kappa shape index (κ3) is 4.98. The van der Waals surface area contributed by atoms with Crippen molar-refractivity contribution >= 4 is 11.9 Å². The lowest BCUT2D eigenvalue weighted by Crippen LogP contribution is -2.30. The number of esters is 1. The first-order valence-electron chi connectivity index (χ1n) is 7.43. The molecule has 0 aliphatic heterocycles. The third-order valence-corrected chi connectivity index (χ3v) is 3.36. The Morgan fingerprint density at radius 1 is 1.13 bits per heavy atom. The molecule has 122 valence electrons. The largest absolute Gasteiger partial charge is 0.460 e. The molecule has 0 saturated heterocycles. The molecule has 0 aliphatic rings. The van der Waals surface area contributed by atoms with Crippen LogP contribution in [0.25, 0.3) is 0 Å². The van der Waals surface area contributed by atoms with Gasteiger partial charge in [0.05, 0.1) is 6.26 Å². The van der Waals surface area contributed by atoms with Crippen LogP contribution in [-0.4, -0.2) is 18.4 Å². The van der Waals surface area contributed by atoms with E-state index >= 15 is 0 Å². The highest BCUT2D eigenvalue weighted by atomic mass is 16.5. The second-order valence-electron chi connectivity index (χ2n) is 6.27. The van der Waals surface area contributed by atoms with Crippen molar-refractivity contribution < 1.29 is 18.7 Å². The first kappa shape index (κ1) is 16.8. The van der Waals surface area contributed by atoms with Gasteiger partial charge in [-0.1, -0.05) is 45.0 Å². The second kappa shape index (κ2) is 7.13. The highest BCUT2D eigenvalue weighted by Gasteiger charge is 2.13. The highest BCUT2D eigenvalue weighted by molar-refractivity contribution is 5.93. The zero-order valence-corrected chi connectivity index (χ0v) is 13.6. The maximum atomic E-state index is 11.6. The predicted molar refractivity (Wildman–Crippen MR) is 86.0 cm³/mol. The summed E-state index contributed by atoms with van der Waals surface area (Å²) >= 11 is 0. The molecule has 0 unspecified atom stereocenters. The molecule has 1 N–H and O–H groups in total. The molecule has 0 fully saturated rings. The number of ether oxygens (including phenoxy) is 1. The average molecular weight is 315 g/mol. The van der Waals surface area contributed by atoms with Crippen molar-refractivity contribution in [1.82, 2.24) is 5.32 Å². The Bertz CT molecular complexity index is 651. The molecule has 0 bridgehead atoms. The fraction of sp³-hybridized carbons (Fsp3) is 0.333. The normalized spacial score (nSPS) is 11.1. The van der Waals surface area contributed by atoms with Crippen LogP contribution in [0.3, 0.4) is 0 Å². The topological polar surface area (TPSA) is 68.5 Å². The second-order valence-corrected chi connectivity index (χ2v) is 6.27. The van der Waals surface area contributed by atoms with E-state index in [-0.39, 0.29) is 24.3 Å². The number of carbonyl (C=O) groups excluding carboxylic acids is 2. The fourth-order valence-electron chi connectivity index (χ4n) is 1.96. The standard InChI is InChI=1S/C18H21NO4/c1-18(2,3)14-8-6-13(7-9-14)12-23-16(20)11-19-17(21)15-5-4-10-22-15/h4-10H,11-12H2,1-3H3,(H,19,21). The van der Waals surface area contributed by atoms with E-state index in [0.29, 0.717) is 0 Å². The van der Waals surface area contributed by atoms with Gasteiger partial charge in [0.25, 0.3) is 5.91 Å². The molecular weight excluding hydrogens is 294 g/mol. The van der Waals surface area contributed by atoms with Gasteiger partial charge in [0.1, 0.15) is 13.2 Å². The van der Waals surface area contributed by atoms with Gasteiger partial charge in [0.15, 0.2) is 5.76 Å². The van der Waals surface area contributed by atoms with Crippen LogP contribution >= 0.6 is 0 Å². The molecule has 0 spiro atoms. The minimum absolute atomic E-state index is 0.0886. The van der Waals surface area contributed by atoms with Crippen LogP contribution < -0.4 is 5.32 Å². The molecule has 23 heavy (non-hydrogen) atoms. The number of amides is 1. The van der Waals surface area contributed by atoms with E-state index in [4.69, 9.17) is 9.15 Å². The summed E-state index contributed by atoms with van der Waals surface area (Å²) in [5.41, 5.74) is 2.22. The van der Waals surface area contributed by atoms with Gasteiger partial charge in [-0.15, -0.1) is 0 Å². The molecule has 0 aliphatic carbocycles. The number of furan rings is 1. The lowest BCUT2D eigenvalue weighted by molar-refractivity contribution is -0.143. The van der Waals surface area contributed by atoms with E-state index in [0.717, 1.165) is 5.56 Å². The minimum Gasteiger partial charge on any atom is -0.460 e. The van der Waals surface area contributed by atoms with Gasteiger partial charge >= 0.3 is 5.97 Å². The minimum atomic E-state index is -0.496. The van der Waals surface area contributed by atoms with Crippen molar-refractivity contribution in [3.05, 3.63) is 59.5 Å². The Morgan fingerprint density at radius 3 is 2.39 bits per heavy atom. The zero-order chi connectivity index (χ0) is 16.9. The number of rotatable bonds is 5. The zero-order valence-electron chi connectivity index (χ0n) is 13.6. The Hall–Kier alpha value is -2.56. The first-order valence-corrected chi connectivity index (χ1v) is 7.43. The van der Waals surface area contributed by atoms with Gasteiger partial charge in [-0.2, -0.15) is 0 Å². The number of hydrogen-bond acceptors (Lipinski definition) is 4. The first-order chi connectivity index (χ1) is 10.9. The van der Waals surface area contributed by atoms with Crippen LogP contribution in [0.2, 0.25) is 0 Å². The molecule has 0 atom stereocenters. The molecule has 0 saturated carbocycles. The summed E-state index contributed by atoms with van der Waals surface area (Å²) in [6.45, 7) is 6.41. The molecule has 1 aromatic heterocycles. The van der Waals surface area contributed by atoms with E-state index < -0.39 is 11.9 Å². The van der Waals surface area contributed by atoms with Crippen molar-refractivity contribution in [1.29, 1.82) is 0 Å². The van der Waals surface area contributed by atoms with Crippen LogP contribution in [0.5, 0.6) is 0 Å². The summed E-state index contributed by atoms with van der Waals surface area (Å²) < 4.78 is 10.1. The van der Waals surface area contributed by atoms with E-state index in [2.05, 4.69) is 26.1 Å². The van der Waals surface area contributed by atoms with Gasteiger partial charge in [-0.3, -0.25) is 9.59 Å². The highest BCUT2D eigenvalue weighted by Crippen LogP contribution is 2.22. The Morgan fingerprint density at radius 2 is 1.83 bits per heavy atom. The molecular formula is C18H21NO4. The van der Waals surface area contributed by atoms with E-state index in [1.165, 1.54) is 17.9 Å². The van der Waals surface area contributed by atoms with E-state index in [9.17, 15) is 9.59 Å². The third-order valence-electron chi connectivity index (χ3n) is 3.36. The number of nitrogens with one attached hydrogen (secondary N) is 1. The lowest BCUT2D eigenvalue weighted by atomic mass is 9.87.